The number of hydrogen-bond donors (Lipinski definition) is 2. The predicted molar refractivity (Wildman–Crippen MR) is 111 cm³/mol. The molecule has 0 amide bonds. The van der Waals surface area contributed by atoms with Crippen LogP contribution in [0.15, 0.2) is 47.4 Å². The molecule has 0 saturated carbocycles. The molecule has 0 bridgehead atoms. The van der Waals surface area contributed by atoms with Crippen LogP contribution in [0.3, 0.4) is 0 Å². The lowest BCUT2D eigenvalue weighted by atomic mass is 10.1. The smallest absolute Gasteiger partial charge is 0.345 e. The van der Waals surface area contributed by atoms with E-state index in [2.05, 4.69) is 9.88 Å². The molecule has 4 rings (SSSR count). The first kappa shape index (κ1) is 20.1. The van der Waals surface area contributed by atoms with E-state index in [1.807, 2.05) is 30.3 Å². The SMILES string of the molecule is O=C(O)c1c(O)c2ncc(Cc3ccccc3)cc2n(CCN2CCOCC2)c1=O. The van der Waals surface area contributed by atoms with E-state index in [1.54, 1.807) is 12.3 Å². The molecule has 3 heterocycles. The number of fused-ring (bicyclic) bond motifs is 1. The normalized spacial score (nSPS) is 14.8. The van der Waals surface area contributed by atoms with Gasteiger partial charge in [0.1, 0.15) is 5.52 Å². The number of ether oxygens (including phenoxy) is 1. The van der Waals surface area contributed by atoms with E-state index >= 15 is 0 Å². The summed E-state index contributed by atoms with van der Waals surface area (Å²) in [6.07, 6.45) is 2.22. The number of carboxylic acids is 1. The van der Waals surface area contributed by atoms with Crippen LogP contribution in [0, 0.1) is 0 Å². The maximum atomic E-state index is 12.9. The number of benzene rings is 1. The number of hydrogen-bond acceptors (Lipinski definition) is 6. The molecule has 30 heavy (non-hydrogen) atoms. The number of carboxylic acid groups (broad SMARTS) is 1. The Hall–Kier alpha value is -3.23. The van der Waals surface area contributed by atoms with Crippen LogP contribution in [0.25, 0.3) is 11.0 Å². The number of pyridine rings is 2. The van der Waals surface area contributed by atoms with Gasteiger partial charge in [0.15, 0.2) is 11.3 Å². The summed E-state index contributed by atoms with van der Waals surface area (Å²) in [5, 5.41) is 19.9. The Morgan fingerprint density at radius 2 is 1.83 bits per heavy atom. The first-order valence-corrected chi connectivity index (χ1v) is 9.86. The molecule has 0 unspecified atom stereocenters. The van der Waals surface area contributed by atoms with E-state index in [0.717, 1.165) is 24.2 Å². The number of aromatic hydroxyl groups is 1. The van der Waals surface area contributed by atoms with Crippen molar-refractivity contribution in [3.8, 4) is 5.75 Å². The van der Waals surface area contributed by atoms with Gasteiger partial charge in [0.2, 0.25) is 0 Å². The maximum absolute atomic E-state index is 12.9. The van der Waals surface area contributed by atoms with Crippen LogP contribution in [0.1, 0.15) is 21.5 Å². The Labute approximate surface area is 173 Å². The third-order valence-electron chi connectivity index (χ3n) is 5.34. The van der Waals surface area contributed by atoms with Crippen LogP contribution < -0.4 is 5.56 Å². The number of rotatable bonds is 6. The molecule has 8 nitrogen and oxygen atoms in total. The second kappa shape index (κ2) is 8.64. The topological polar surface area (TPSA) is 105 Å². The summed E-state index contributed by atoms with van der Waals surface area (Å²) in [5.74, 6) is -2.05. The number of carbonyl (C=O) groups is 1. The molecular formula is C22H23N3O5. The minimum Gasteiger partial charge on any atom is -0.505 e. The molecule has 1 aliphatic heterocycles. The first-order chi connectivity index (χ1) is 14.5. The van der Waals surface area contributed by atoms with Crippen molar-refractivity contribution in [2.45, 2.75) is 13.0 Å². The van der Waals surface area contributed by atoms with Crippen LogP contribution in [0.2, 0.25) is 0 Å². The molecule has 0 spiro atoms. The lowest BCUT2D eigenvalue weighted by Gasteiger charge is -2.27. The highest BCUT2D eigenvalue weighted by atomic mass is 16.5. The van der Waals surface area contributed by atoms with Gasteiger partial charge in [0.05, 0.1) is 18.7 Å². The van der Waals surface area contributed by atoms with E-state index in [9.17, 15) is 19.8 Å². The minimum atomic E-state index is -1.46. The van der Waals surface area contributed by atoms with Gasteiger partial charge in [-0.1, -0.05) is 30.3 Å². The highest BCUT2D eigenvalue weighted by molar-refractivity contribution is 5.97. The summed E-state index contributed by atoms with van der Waals surface area (Å²) in [6.45, 7) is 3.66. The van der Waals surface area contributed by atoms with Gasteiger partial charge in [-0.15, -0.1) is 0 Å². The lowest BCUT2D eigenvalue weighted by Crippen LogP contribution is -2.39. The monoisotopic (exact) mass is 409 g/mol. The second-order valence-corrected chi connectivity index (χ2v) is 7.31. The average Bonchev–Trinajstić information content (AvgIpc) is 2.75. The van der Waals surface area contributed by atoms with Gasteiger partial charge in [0, 0.05) is 32.4 Å². The van der Waals surface area contributed by atoms with Crippen molar-refractivity contribution in [2.24, 2.45) is 0 Å². The number of aromatic carboxylic acids is 1. The summed E-state index contributed by atoms with van der Waals surface area (Å²) in [7, 11) is 0. The van der Waals surface area contributed by atoms with Crippen molar-refractivity contribution in [2.75, 3.05) is 32.8 Å². The molecule has 1 aromatic carbocycles. The Bertz CT molecular complexity index is 1120. The highest BCUT2D eigenvalue weighted by Crippen LogP contribution is 2.26. The zero-order valence-electron chi connectivity index (χ0n) is 16.5. The van der Waals surface area contributed by atoms with E-state index in [1.165, 1.54) is 4.57 Å². The maximum Gasteiger partial charge on any atom is 0.345 e. The Balaban J connectivity index is 1.77. The Morgan fingerprint density at radius 1 is 1.10 bits per heavy atom. The average molecular weight is 409 g/mol. The van der Waals surface area contributed by atoms with Crippen molar-refractivity contribution < 1.29 is 19.7 Å². The van der Waals surface area contributed by atoms with Gasteiger partial charge in [-0.05, 0) is 23.6 Å². The van der Waals surface area contributed by atoms with Crippen LogP contribution >= 0.6 is 0 Å². The second-order valence-electron chi connectivity index (χ2n) is 7.31. The summed E-state index contributed by atoms with van der Waals surface area (Å²) in [5.41, 5.74) is 1.14. The summed E-state index contributed by atoms with van der Waals surface area (Å²) < 4.78 is 6.77. The van der Waals surface area contributed by atoms with Crippen molar-refractivity contribution in [3.05, 3.63) is 69.6 Å². The van der Waals surface area contributed by atoms with E-state index in [4.69, 9.17) is 4.74 Å². The van der Waals surface area contributed by atoms with Crippen LogP contribution in [-0.2, 0) is 17.7 Å². The van der Waals surface area contributed by atoms with Gasteiger partial charge < -0.3 is 19.5 Å². The molecule has 1 aliphatic rings. The third-order valence-corrected chi connectivity index (χ3v) is 5.34. The molecule has 1 fully saturated rings. The largest absolute Gasteiger partial charge is 0.505 e. The molecule has 8 heteroatoms. The minimum absolute atomic E-state index is 0.116. The molecule has 2 N–H and O–H groups in total. The van der Waals surface area contributed by atoms with Crippen LogP contribution in [-0.4, -0.2) is 63.5 Å². The van der Waals surface area contributed by atoms with E-state index in [-0.39, 0.29) is 5.52 Å². The van der Waals surface area contributed by atoms with Gasteiger partial charge in [-0.25, -0.2) is 4.79 Å². The predicted octanol–water partition coefficient (Wildman–Crippen LogP) is 1.72. The fourth-order valence-corrected chi connectivity index (χ4v) is 3.76. The van der Waals surface area contributed by atoms with Gasteiger partial charge >= 0.3 is 5.97 Å². The van der Waals surface area contributed by atoms with Crippen LogP contribution in [0.4, 0.5) is 0 Å². The quantitative estimate of drug-likeness (QED) is 0.639. The summed E-state index contributed by atoms with van der Waals surface area (Å²) in [4.78, 5) is 31.0. The molecule has 2 aromatic heterocycles. The van der Waals surface area contributed by atoms with Crippen molar-refractivity contribution in [1.29, 1.82) is 0 Å². The standard InChI is InChI=1S/C22H23N3O5/c26-20-18(22(28)29)21(27)25(7-6-24-8-10-30-11-9-24)17-13-16(14-23-19(17)20)12-15-4-2-1-3-5-15/h1-5,13-14,26H,6-12H2,(H,28,29). The van der Waals surface area contributed by atoms with E-state index < -0.39 is 22.8 Å². The van der Waals surface area contributed by atoms with Crippen LogP contribution in [0.5, 0.6) is 5.75 Å². The van der Waals surface area contributed by atoms with E-state index in [0.29, 0.717) is 38.2 Å². The van der Waals surface area contributed by atoms with Crippen molar-refractivity contribution in [1.82, 2.24) is 14.5 Å². The summed E-state index contributed by atoms with van der Waals surface area (Å²) >= 11 is 0. The zero-order valence-corrected chi connectivity index (χ0v) is 16.5. The number of aromatic nitrogens is 2. The summed E-state index contributed by atoms with van der Waals surface area (Å²) in [6, 6.07) is 11.7. The highest BCUT2D eigenvalue weighted by Gasteiger charge is 2.23. The lowest BCUT2D eigenvalue weighted by molar-refractivity contribution is 0.0364. The fourth-order valence-electron chi connectivity index (χ4n) is 3.76. The van der Waals surface area contributed by atoms with Gasteiger partial charge in [0.25, 0.3) is 5.56 Å². The molecule has 1 saturated heterocycles. The van der Waals surface area contributed by atoms with Crippen molar-refractivity contribution in [3.63, 3.8) is 0 Å². The number of nitrogens with zero attached hydrogens (tertiary/aromatic N) is 3. The number of morpholine rings is 1. The first-order valence-electron chi connectivity index (χ1n) is 9.86. The molecule has 156 valence electrons. The van der Waals surface area contributed by atoms with Crippen molar-refractivity contribution >= 4 is 17.0 Å². The Kier molecular flexibility index (Phi) is 5.78. The molecule has 0 aliphatic carbocycles. The molecule has 0 atom stereocenters. The molecular weight excluding hydrogens is 386 g/mol. The van der Waals surface area contributed by atoms with Gasteiger partial charge in [-0.3, -0.25) is 14.7 Å². The Morgan fingerprint density at radius 3 is 2.53 bits per heavy atom. The zero-order chi connectivity index (χ0) is 21.1. The van der Waals surface area contributed by atoms with Gasteiger partial charge in [-0.2, -0.15) is 0 Å². The fraction of sp³-hybridized carbons (Fsp3) is 0.318. The molecule has 0 radical (unpaired) electrons. The molecule has 3 aromatic rings. The third kappa shape index (κ3) is 4.05.